The third-order valence-electron chi connectivity index (χ3n) is 12.6. The van der Waals surface area contributed by atoms with Gasteiger partial charge in [-0.15, -0.1) is 10.1 Å². The van der Waals surface area contributed by atoms with Gasteiger partial charge in [0.05, 0.1) is 41.5 Å². The second-order valence-electron chi connectivity index (χ2n) is 17.7. The number of hydrogen-bond acceptors (Lipinski definition) is 16. The Balaban J connectivity index is 2.24. The second-order valence-corrected chi connectivity index (χ2v) is 17.7. The normalized spacial score (nSPS) is 46.8. The van der Waals surface area contributed by atoms with E-state index in [4.69, 9.17) is 38.0 Å². The van der Waals surface area contributed by atoms with E-state index in [-0.39, 0.29) is 37.3 Å². The third-order valence-corrected chi connectivity index (χ3v) is 12.6. The molecule has 0 aromatic rings. The molecule has 3 N–H and O–H groups in total. The Morgan fingerprint density at radius 2 is 1.61 bits per heavy atom. The first kappa shape index (κ1) is 48.6. The highest BCUT2D eigenvalue weighted by Gasteiger charge is 2.53. The summed E-state index contributed by atoms with van der Waals surface area (Å²) in [6, 6.07) is -0.829. The Kier molecular flexibility index (Phi) is 16.9. The van der Waals surface area contributed by atoms with Crippen LogP contribution in [0.5, 0.6) is 0 Å². The molecule has 0 amide bonds. The maximum absolute atomic E-state index is 14.4. The van der Waals surface area contributed by atoms with Gasteiger partial charge in [-0.3, -0.25) is 4.79 Å². The van der Waals surface area contributed by atoms with Crippen molar-refractivity contribution < 1.29 is 63.2 Å². The summed E-state index contributed by atoms with van der Waals surface area (Å²) in [5, 5.41) is 46.7. The summed E-state index contributed by atoms with van der Waals surface area (Å²) in [5.74, 6) is -2.75. The first-order valence-electron chi connectivity index (χ1n) is 20.1. The van der Waals surface area contributed by atoms with Crippen molar-refractivity contribution >= 4 is 5.97 Å². The van der Waals surface area contributed by atoms with E-state index >= 15 is 0 Å². The molecule has 3 aliphatic heterocycles. The fourth-order valence-corrected chi connectivity index (χ4v) is 9.35. The lowest BCUT2D eigenvalue weighted by molar-refractivity contribution is -0.775. The molecule has 0 aromatic heterocycles. The van der Waals surface area contributed by atoms with Crippen molar-refractivity contribution in [2.45, 2.75) is 185 Å². The number of cyclic esters (lactones) is 1. The van der Waals surface area contributed by atoms with Crippen molar-refractivity contribution in [3.63, 3.8) is 0 Å². The summed E-state index contributed by atoms with van der Waals surface area (Å²) >= 11 is 0. The van der Waals surface area contributed by atoms with Crippen LogP contribution in [-0.2, 0) is 42.8 Å². The van der Waals surface area contributed by atoms with Crippen LogP contribution in [0.15, 0.2) is 0 Å². The van der Waals surface area contributed by atoms with Crippen LogP contribution in [0.25, 0.3) is 0 Å². The molecule has 1 unspecified atom stereocenters. The maximum atomic E-state index is 14.4. The summed E-state index contributed by atoms with van der Waals surface area (Å²) in [6.07, 6.45) is -8.60. The predicted octanol–water partition coefficient (Wildman–Crippen LogP) is 2.77. The number of likely N-dealkylation sites (N-methyl/N-ethyl adjacent to an activating group) is 2. The molecular formula is C39H73N3O14. The van der Waals surface area contributed by atoms with E-state index in [1.54, 1.807) is 55.6 Å². The Hall–Kier alpha value is -1.77. The molecular weight excluding hydrogens is 734 g/mol. The Morgan fingerprint density at radius 1 is 0.982 bits per heavy atom. The van der Waals surface area contributed by atoms with Gasteiger partial charge in [-0.25, -0.2) is 0 Å². The standard InChI is InChI=1S/C39H73N3O14/c1-16-28-39(10,46)34(49-14)25(6)41(13)20-21(2)18-37(8,45)33(55-36-31(56-42(47)48)27(40(11)12)17-22(3)51-36)23(4)30(24(5)35(44)53-28)54-29-19-38(9,50-15)32(43)26(7)52-29/h21-34,36,43,45-46H,16-20H2,1-15H3/t21-,22-,23+,24-,25-,26+,27?,28-,29+,30+,31-,32+,33-,34-,36+,37-,38-,39-/m1/s1. The zero-order valence-corrected chi connectivity index (χ0v) is 36.4. The SMILES string of the molecule is CC[C@H]1OC(=O)[C@H](C)[C@@H](O[C@H]2C[C@@](C)(OC)[C@@H](O)[C@H](C)O2)[C@H](C)[C@@H](O[C@@H]2O[C@H](C)CC(N(C)C)[C@H]2O[N+](=O)[O-])[C@](C)(O)C[C@@H](C)CN(C)[C@H](C)[C@@H](OC)[C@]1(C)O. The smallest absolute Gasteiger partial charge is 0.311 e. The van der Waals surface area contributed by atoms with Gasteiger partial charge in [0.2, 0.25) is 0 Å². The van der Waals surface area contributed by atoms with Crippen LogP contribution in [0.4, 0.5) is 0 Å². The van der Waals surface area contributed by atoms with Crippen molar-refractivity contribution in [2.75, 3.05) is 41.9 Å². The number of nitrogens with zero attached hydrogens (tertiary/aromatic N) is 3. The minimum absolute atomic E-state index is 0.0947. The quantitative estimate of drug-likeness (QED) is 0.165. The van der Waals surface area contributed by atoms with Crippen LogP contribution < -0.4 is 0 Å². The van der Waals surface area contributed by atoms with Gasteiger partial charge in [0.25, 0.3) is 5.09 Å². The zero-order chi connectivity index (χ0) is 42.7. The van der Waals surface area contributed by atoms with E-state index in [1.165, 1.54) is 14.2 Å². The number of ether oxygens (including phenoxy) is 7. The lowest BCUT2D eigenvalue weighted by Crippen LogP contribution is -2.61. The average molecular weight is 808 g/mol. The van der Waals surface area contributed by atoms with Crippen LogP contribution in [0, 0.1) is 27.9 Å². The Morgan fingerprint density at radius 3 is 2.14 bits per heavy atom. The maximum Gasteiger partial charge on any atom is 0.311 e. The fraction of sp³-hybridized carbons (Fsp3) is 0.974. The number of methoxy groups -OCH3 is 2. The predicted molar refractivity (Wildman–Crippen MR) is 205 cm³/mol. The molecule has 17 heteroatoms. The summed E-state index contributed by atoms with van der Waals surface area (Å²) in [7, 11) is 8.49. The first-order valence-corrected chi connectivity index (χ1v) is 20.1. The number of aliphatic hydroxyl groups excluding tert-OH is 1. The van der Waals surface area contributed by atoms with Crippen LogP contribution in [0.3, 0.4) is 0 Å². The van der Waals surface area contributed by atoms with E-state index in [2.05, 4.69) is 0 Å². The van der Waals surface area contributed by atoms with Crippen LogP contribution in [-0.4, -0.2) is 168 Å². The van der Waals surface area contributed by atoms with E-state index in [0.717, 1.165) is 0 Å². The van der Waals surface area contributed by atoms with Crippen molar-refractivity contribution in [3.8, 4) is 0 Å². The number of carbonyl (C=O) groups is 1. The van der Waals surface area contributed by atoms with Gasteiger partial charge in [0.15, 0.2) is 18.7 Å². The van der Waals surface area contributed by atoms with Crippen LogP contribution in [0.1, 0.15) is 94.9 Å². The van der Waals surface area contributed by atoms with Gasteiger partial charge in [-0.1, -0.05) is 20.8 Å². The minimum atomic E-state index is -1.65. The second kappa shape index (κ2) is 19.5. The van der Waals surface area contributed by atoms with Gasteiger partial charge in [0, 0.05) is 45.2 Å². The van der Waals surface area contributed by atoms with Gasteiger partial charge in [0.1, 0.15) is 23.9 Å². The molecule has 3 aliphatic rings. The third kappa shape index (κ3) is 11.1. The topological polar surface area (TPSA) is 201 Å². The van der Waals surface area contributed by atoms with Gasteiger partial charge in [-0.05, 0) is 94.8 Å². The molecule has 56 heavy (non-hydrogen) atoms. The monoisotopic (exact) mass is 808 g/mol. The lowest BCUT2D eigenvalue weighted by atomic mass is 9.77. The van der Waals surface area contributed by atoms with Crippen LogP contribution in [0.2, 0.25) is 0 Å². The first-order chi connectivity index (χ1) is 25.8. The van der Waals surface area contributed by atoms with E-state index in [9.17, 15) is 30.2 Å². The van der Waals surface area contributed by atoms with Crippen molar-refractivity contribution in [3.05, 3.63) is 10.1 Å². The number of aliphatic hydroxyl groups is 3. The summed E-state index contributed by atoms with van der Waals surface area (Å²) in [6.45, 7) is 18.1. The molecule has 0 saturated carbocycles. The van der Waals surface area contributed by atoms with Gasteiger partial charge < -0.3 is 63.1 Å². The van der Waals surface area contributed by atoms with Crippen molar-refractivity contribution in [1.29, 1.82) is 0 Å². The van der Waals surface area contributed by atoms with Crippen molar-refractivity contribution in [2.24, 2.45) is 17.8 Å². The number of esters is 1. The largest absolute Gasteiger partial charge is 0.459 e. The molecule has 0 spiro atoms. The molecule has 3 heterocycles. The molecule has 0 bridgehead atoms. The Bertz CT molecular complexity index is 1280. The summed E-state index contributed by atoms with van der Waals surface area (Å²) in [4.78, 5) is 35.4. The molecule has 0 radical (unpaired) electrons. The Labute approximate surface area is 333 Å². The van der Waals surface area contributed by atoms with Gasteiger partial charge in [-0.2, -0.15) is 0 Å². The molecule has 3 saturated heterocycles. The minimum Gasteiger partial charge on any atom is -0.459 e. The van der Waals surface area contributed by atoms with Crippen LogP contribution >= 0.6 is 0 Å². The average Bonchev–Trinajstić information content (AvgIpc) is 3.09. The number of hydrogen-bond donors (Lipinski definition) is 3. The van der Waals surface area contributed by atoms with Gasteiger partial charge >= 0.3 is 5.97 Å². The molecule has 0 aliphatic carbocycles. The molecule has 0 aromatic carbocycles. The summed E-state index contributed by atoms with van der Waals surface area (Å²) in [5.41, 5.74) is -4.32. The molecule has 18 atom stereocenters. The number of rotatable bonds is 10. The number of carbonyl (C=O) groups excluding carboxylic acids is 1. The van der Waals surface area contributed by atoms with E-state index in [1.807, 2.05) is 44.5 Å². The summed E-state index contributed by atoms with van der Waals surface area (Å²) < 4.78 is 43.7. The fourth-order valence-electron chi connectivity index (χ4n) is 9.35. The highest BCUT2D eigenvalue weighted by Crippen LogP contribution is 2.40. The lowest BCUT2D eigenvalue weighted by Gasteiger charge is -2.49. The molecule has 3 fully saturated rings. The van der Waals surface area contributed by atoms with Crippen molar-refractivity contribution in [1.82, 2.24) is 9.80 Å². The molecule has 328 valence electrons. The van der Waals surface area contributed by atoms with E-state index in [0.29, 0.717) is 13.0 Å². The molecule has 3 rings (SSSR count). The highest BCUT2D eigenvalue weighted by molar-refractivity contribution is 5.73. The molecule has 17 nitrogen and oxygen atoms in total. The van der Waals surface area contributed by atoms with E-state index < -0.39 is 101 Å². The highest BCUT2D eigenvalue weighted by atomic mass is 17.0. The zero-order valence-electron chi connectivity index (χ0n) is 36.4.